The maximum Gasteiger partial charge on any atom is 0.145 e. The zero-order chi connectivity index (χ0) is 13.8. The number of rotatable bonds is 4. The van der Waals surface area contributed by atoms with Crippen LogP contribution in [-0.4, -0.2) is 47.1 Å². The van der Waals surface area contributed by atoms with Gasteiger partial charge in [0.05, 0.1) is 0 Å². The molecule has 0 amide bonds. The third kappa shape index (κ3) is 3.33. The molecular weight excluding hydrogens is 240 g/mol. The lowest BCUT2D eigenvalue weighted by Gasteiger charge is -2.38. The monoisotopic (exact) mass is 264 g/mol. The van der Waals surface area contributed by atoms with Gasteiger partial charge in [-0.05, 0) is 20.3 Å². The summed E-state index contributed by atoms with van der Waals surface area (Å²) in [6.45, 7) is 10.6. The van der Waals surface area contributed by atoms with Crippen molar-refractivity contribution in [2.75, 3.05) is 36.5 Å². The number of nitrogen functional groups attached to an aromatic ring is 1. The van der Waals surface area contributed by atoms with Crippen LogP contribution in [0.2, 0.25) is 0 Å². The largest absolute Gasteiger partial charge is 0.354 e. The molecule has 106 valence electrons. The van der Waals surface area contributed by atoms with Crippen LogP contribution in [0.3, 0.4) is 0 Å². The second-order valence-corrected chi connectivity index (χ2v) is 5.08. The predicted molar refractivity (Wildman–Crippen MR) is 78.1 cm³/mol. The van der Waals surface area contributed by atoms with E-state index >= 15 is 0 Å². The fourth-order valence-electron chi connectivity index (χ4n) is 2.44. The van der Waals surface area contributed by atoms with Gasteiger partial charge >= 0.3 is 0 Å². The molecule has 3 N–H and O–H groups in total. The van der Waals surface area contributed by atoms with Crippen LogP contribution in [0.15, 0.2) is 6.07 Å². The first-order valence-corrected chi connectivity index (χ1v) is 6.95. The molecule has 1 aliphatic heterocycles. The van der Waals surface area contributed by atoms with Gasteiger partial charge in [-0.15, -0.1) is 0 Å². The van der Waals surface area contributed by atoms with Crippen LogP contribution in [0, 0.1) is 6.92 Å². The van der Waals surface area contributed by atoms with Crippen molar-refractivity contribution in [3.8, 4) is 0 Å². The Morgan fingerprint density at radius 2 is 2.00 bits per heavy atom. The molecule has 1 fully saturated rings. The van der Waals surface area contributed by atoms with E-state index in [4.69, 9.17) is 5.84 Å². The van der Waals surface area contributed by atoms with Crippen molar-refractivity contribution in [3.63, 3.8) is 0 Å². The number of nitrogens with two attached hydrogens (primary N) is 1. The highest BCUT2D eigenvalue weighted by atomic mass is 15.3. The first-order chi connectivity index (χ1) is 9.13. The lowest BCUT2D eigenvalue weighted by molar-refractivity contribution is 0.192. The minimum absolute atomic E-state index is 0.663. The molecule has 6 nitrogen and oxygen atoms in total. The minimum Gasteiger partial charge on any atom is -0.354 e. The maximum atomic E-state index is 5.43. The fraction of sp³-hybridized carbons (Fsp3) is 0.692. The number of hydrogen-bond acceptors (Lipinski definition) is 6. The number of piperazine rings is 1. The van der Waals surface area contributed by atoms with E-state index in [1.165, 1.54) is 6.42 Å². The second-order valence-electron chi connectivity index (χ2n) is 5.08. The van der Waals surface area contributed by atoms with Gasteiger partial charge in [0, 0.05) is 38.3 Å². The molecule has 1 unspecified atom stereocenters. The highest BCUT2D eigenvalue weighted by Gasteiger charge is 2.21. The first kappa shape index (κ1) is 14.0. The molecule has 1 aromatic heterocycles. The topological polar surface area (TPSA) is 70.3 Å². The van der Waals surface area contributed by atoms with E-state index in [1.54, 1.807) is 0 Å². The lowest BCUT2D eigenvalue weighted by Crippen LogP contribution is -2.49. The summed E-state index contributed by atoms with van der Waals surface area (Å²) in [5, 5.41) is 0. The number of nitrogens with one attached hydrogen (secondary N) is 1. The zero-order valence-corrected chi connectivity index (χ0v) is 12.1. The summed E-state index contributed by atoms with van der Waals surface area (Å²) < 4.78 is 0. The van der Waals surface area contributed by atoms with Crippen LogP contribution in [0.1, 0.15) is 26.1 Å². The number of hydrogen-bond donors (Lipinski definition) is 2. The van der Waals surface area contributed by atoms with Gasteiger partial charge in [0.2, 0.25) is 0 Å². The lowest BCUT2D eigenvalue weighted by atomic mass is 10.2. The van der Waals surface area contributed by atoms with Crippen molar-refractivity contribution in [1.82, 2.24) is 14.9 Å². The van der Waals surface area contributed by atoms with E-state index in [1.807, 2.05) is 13.0 Å². The van der Waals surface area contributed by atoms with E-state index in [0.29, 0.717) is 11.9 Å². The molecule has 2 rings (SSSR count). The van der Waals surface area contributed by atoms with Gasteiger partial charge in [0.1, 0.15) is 17.5 Å². The van der Waals surface area contributed by atoms with E-state index in [2.05, 4.69) is 39.0 Å². The summed E-state index contributed by atoms with van der Waals surface area (Å²) in [6.07, 6.45) is 1.20. The summed E-state index contributed by atoms with van der Waals surface area (Å²) in [4.78, 5) is 13.5. The van der Waals surface area contributed by atoms with E-state index < -0.39 is 0 Å². The Bertz CT molecular complexity index is 414. The van der Waals surface area contributed by atoms with Gasteiger partial charge in [-0.3, -0.25) is 4.90 Å². The Morgan fingerprint density at radius 3 is 2.58 bits per heavy atom. The van der Waals surface area contributed by atoms with Crippen LogP contribution in [0.5, 0.6) is 0 Å². The average molecular weight is 264 g/mol. The molecule has 0 aliphatic carbocycles. The molecule has 0 spiro atoms. The van der Waals surface area contributed by atoms with Crippen LogP contribution in [0.25, 0.3) is 0 Å². The van der Waals surface area contributed by atoms with Gasteiger partial charge in [-0.2, -0.15) is 0 Å². The van der Waals surface area contributed by atoms with Crippen molar-refractivity contribution in [3.05, 3.63) is 11.9 Å². The zero-order valence-electron chi connectivity index (χ0n) is 12.1. The quantitative estimate of drug-likeness (QED) is 0.624. The Kier molecular flexibility index (Phi) is 4.55. The van der Waals surface area contributed by atoms with Gasteiger partial charge in [0.25, 0.3) is 0 Å². The third-order valence-electron chi connectivity index (χ3n) is 3.82. The second kappa shape index (κ2) is 6.16. The third-order valence-corrected chi connectivity index (χ3v) is 3.82. The van der Waals surface area contributed by atoms with Gasteiger partial charge in [0.15, 0.2) is 0 Å². The highest BCUT2D eigenvalue weighted by Crippen LogP contribution is 2.18. The number of aromatic nitrogens is 2. The molecule has 2 heterocycles. The number of aryl methyl sites for hydroxylation is 1. The maximum absolute atomic E-state index is 5.43. The fourth-order valence-corrected chi connectivity index (χ4v) is 2.44. The Balaban J connectivity index is 2.03. The van der Waals surface area contributed by atoms with Crippen LogP contribution >= 0.6 is 0 Å². The van der Waals surface area contributed by atoms with Gasteiger partial charge in [-0.1, -0.05) is 6.92 Å². The molecule has 1 saturated heterocycles. The van der Waals surface area contributed by atoms with Crippen molar-refractivity contribution in [2.45, 2.75) is 33.2 Å². The van der Waals surface area contributed by atoms with Gasteiger partial charge < -0.3 is 10.3 Å². The van der Waals surface area contributed by atoms with E-state index in [-0.39, 0.29) is 0 Å². The Morgan fingerprint density at radius 1 is 1.32 bits per heavy atom. The van der Waals surface area contributed by atoms with Gasteiger partial charge in [-0.25, -0.2) is 15.8 Å². The Labute approximate surface area is 115 Å². The Hall–Kier alpha value is -1.40. The summed E-state index contributed by atoms with van der Waals surface area (Å²) in [6, 6.07) is 2.57. The van der Waals surface area contributed by atoms with Crippen molar-refractivity contribution in [1.29, 1.82) is 0 Å². The highest BCUT2D eigenvalue weighted by molar-refractivity contribution is 5.49. The molecule has 0 saturated carbocycles. The number of hydrazine groups is 1. The SMILES string of the molecule is CCC(C)N1CCN(c2cc(NN)nc(C)n2)CC1. The normalized spacial score (nSPS) is 18.4. The number of nitrogens with zero attached hydrogens (tertiary/aromatic N) is 4. The van der Waals surface area contributed by atoms with E-state index in [0.717, 1.165) is 37.8 Å². The van der Waals surface area contributed by atoms with Crippen LogP contribution in [0.4, 0.5) is 11.6 Å². The first-order valence-electron chi connectivity index (χ1n) is 6.95. The molecule has 1 aliphatic rings. The minimum atomic E-state index is 0.663. The molecule has 6 heteroatoms. The molecular formula is C13H24N6. The van der Waals surface area contributed by atoms with Crippen molar-refractivity contribution < 1.29 is 0 Å². The summed E-state index contributed by atoms with van der Waals surface area (Å²) in [5.41, 5.74) is 2.60. The molecule has 0 bridgehead atoms. The van der Waals surface area contributed by atoms with Crippen LogP contribution in [-0.2, 0) is 0 Å². The molecule has 1 atom stereocenters. The summed E-state index contributed by atoms with van der Waals surface area (Å²) >= 11 is 0. The van der Waals surface area contributed by atoms with Crippen molar-refractivity contribution >= 4 is 11.6 Å². The standard InChI is InChI=1S/C13H24N6/c1-4-10(2)18-5-7-19(8-6-18)13-9-12(17-14)15-11(3)16-13/h9-10H,4-8,14H2,1-3H3,(H,15,16,17). The smallest absolute Gasteiger partial charge is 0.145 e. The predicted octanol–water partition coefficient (Wildman–Crippen LogP) is 0.991. The van der Waals surface area contributed by atoms with E-state index in [9.17, 15) is 0 Å². The molecule has 19 heavy (non-hydrogen) atoms. The molecule has 0 aromatic carbocycles. The summed E-state index contributed by atoms with van der Waals surface area (Å²) in [7, 11) is 0. The summed E-state index contributed by atoms with van der Waals surface area (Å²) in [5.74, 6) is 7.81. The molecule has 1 aromatic rings. The van der Waals surface area contributed by atoms with Crippen molar-refractivity contribution in [2.24, 2.45) is 5.84 Å². The van der Waals surface area contributed by atoms with Crippen LogP contribution < -0.4 is 16.2 Å². The average Bonchev–Trinajstić information content (AvgIpc) is 2.46. The number of anilines is 2. The molecule has 0 radical (unpaired) electrons.